The highest BCUT2D eigenvalue weighted by Gasteiger charge is 2.17. The summed E-state index contributed by atoms with van der Waals surface area (Å²) in [6, 6.07) is 11.6. The Morgan fingerprint density at radius 1 is 1.29 bits per heavy atom. The Bertz CT molecular complexity index is 700. The average molecular weight is 350 g/mol. The Morgan fingerprint density at radius 3 is 2.67 bits per heavy atom. The average Bonchev–Trinajstić information content (AvgIpc) is 2.46. The zero-order chi connectivity index (χ0) is 15.4. The quantitative estimate of drug-likeness (QED) is 0.465. The lowest BCUT2D eigenvalue weighted by atomic mass is 10.1. The van der Waals surface area contributed by atoms with Crippen LogP contribution in [0.3, 0.4) is 0 Å². The van der Waals surface area contributed by atoms with Gasteiger partial charge in [0.15, 0.2) is 18.1 Å². The Morgan fingerprint density at radius 2 is 2.00 bits per heavy atom. The van der Waals surface area contributed by atoms with Crippen LogP contribution in [0.25, 0.3) is 0 Å². The Balaban J connectivity index is 2.15. The SMILES string of the molecule is Cc1ccccc1C(=O)COc1ccc(Br)cc1[N+](=O)[O-]. The number of nitrogens with zero attached hydrogens (tertiary/aromatic N) is 1. The fraction of sp³-hybridized carbons (Fsp3) is 0.133. The van der Waals surface area contributed by atoms with Gasteiger partial charge in [-0.15, -0.1) is 0 Å². The summed E-state index contributed by atoms with van der Waals surface area (Å²) >= 11 is 3.16. The minimum Gasteiger partial charge on any atom is -0.478 e. The van der Waals surface area contributed by atoms with Crippen molar-refractivity contribution in [3.05, 3.63) is 68.2 Å². The van der Waals surface area contributed by atoms with E-state index >= 15 is 0 Å². The van der Waals surface area contributed by atoms with Gasteiger partial charge >= 0.3 is 5.69 Å². The molecule has 0 spiro atoms. The first-order valence-corrected chi connectivity index (χ1v) is 6.94. The number of rotatable bonds is 5. The zero-order valence-electron chi connectivity index (χ0n) is 11.2. The summed E-state index contributed by atoms with van der Waals surface area (Å²) in [6.07, 6.45) is 0. The fourth-order valence-corrected chi connectivity index (χ4v) is 2.21. The van der Waals surface area contributed by atoms with E-state index in [1.807, 2.05) is 19.1 Å². The van der Waals surface area contributed by atoms with Crippen molar-refractivity contribution in [3.8, 4) is 5.75 Å². The van der Waals surface area contributed by atoms with Gasteiger partial charge in [0, 0.05) is 16.1 Å². The third kappa shape index (κ3) is 3.66. The maximum Gasteiger partial charge on any atom is 0.312 e. The predicted octanol–water partition coefficient (Wildman–Crippen LogP) is 3.93. The number of nitro benzene ring substituents is 1. The van der Waals surface area contributed by atoms with E-state index in [4.69, 9.17) is 4.74 Å². The first-order valence-electron chi connectivity index (χ1n) is 6.14. The third-order valence-corrected chi connectivity index (χ3v) is 3.42. The second kappa shape index (κ2) is 6.49. The first kappa shape index (κ1) is 15.2. The van der Waals surface area contributed by atoms with Crippen molar-refractivity contribution in [3.63, 3.8) is 0 Å². The lowest BCUT2D eigenvalue weighted by molar-refractivity contribution is -0.385. The van der Waals surface area contributed by atoms with Gasteiger partial charge in [0.05, 0.1) is 4.92 Å². The standard InChI is InChI=1S/C15H12BrNO4/c1-10-4-2-3-5-12(10)14(18)9-21-15-7-6-11(16)8-13(15)17(19)20/h2-8H,9H2,1H3. The van der Waals surface area contributed by atoms with Crippen LogP contribution < -0.4 is 4.74 Å². The molecule has 0 aliphatic rings. The predicted molar refractivity (Wildman–Crippen MR) is 81.8 cm³/mol. The van der Waals surface area contributed by atoms with Crippen LogP contribution in [0.2, 0.25) is 0 Å². The highest BCUT2D eigenvalue weighted by molar-refractivity contribution is 9.10. The van der Waals surface area contributed by atoms with E-state index in [1.165, 1.54) is 12.1 Å². The molecule has 0 radical (unpaired) electrons. The molecule has 0 heterocycles. The van der Waals surface area contributed by atoms with Crippen LogP contribution >= 0.6 is 15.9 Å². The number of benzene rings is 2. The van der Waals surface area contributed by atoms with Crippen molar-refractivity contribution >= 4 is 27.4 Å². The highest BCUT2D eigenvalue weighted by Crippen LogP contribution is 2.30. The van der Waals surface area contributed by atoms with Gasteiger partial charge in [-0.3, -0.25) is 14.9 Å². The molecule has 0 amide bonds. The molecule has 0 saturated carbocycles. The van der Waals surface area contributed by atoms with Crippen molar-refractivity contribution in [2.45, 2.75) is 6.92 Å². The number of carbonyl (C=O) groups excluding carboxylic acids is 1. The molecule has 21 heavy (non-hydrogen) atoms. The van der Waals surface area contributed by atoms with Crippen LogP contribution in [0.1, 0.15) is 15.9 Å². The summed E-state index contributed by atoms with van der Waals surface area (Å²) in [6.45, 7) is 1.59. The molecule has 2 aromatic rings. The number of carbonyl (C=O) groups is 1. The summed E-state index contributed by atoms with van der Waals surface area (Å²) in [5.41, 5.74) is 1.22. The van der Waals surface area contributed by atoms with Gasteiger partial charge in [0.1, 0.15) is 0 Å². The second-order valence-electron chi connectivity index (χ2n) is 4.40. The van der Waals surface area contributed by atoms with Crippen LogP contribution in [0.4, 0.5) is 5.69 Å². The van der Waals surface area contributed by atoms with E-state index < -0.39 is 4.92 Å². The molecule has 0 aliphatic heterocycles. The van der Waals surface area contributed by atoms with Gasteiger partial charge < -0.3 is 4.74 Å². The van der Waals surface area contributed by atoms with E-state index in [2.05, 4.69) is 15.9 Å². The summed E-state index contributed by atoms with van der Waals surface area (Å²) in [7, 11) is 0. The van der Waals surface area contributed by atoms with Crippen LogP contribution in [0.15, 0.2) is 46.9 Å². The van der Waals surface area contributed by atoms with E-state index in [1.54, 1.807) is 18.2 Å². The smallest absolute Gasteiger partial charge is 0.312 e. The highest BCUT2D eigenvalue weighted by atomic mass is 79.9. The number of hydrogen-bond donors (Lipinski definition) is 0. The van der Waals surface area contributed by atoms with Crippen molar-refractivity contribution in [2.24, 2.45) is 0 Å². The van der Waals surface area contributed by atoms with Gasteiger partial charge in [-0.1, -0.05) is 40.2 Å². The minimum absolute atomic E-state index is 0.0742. The molecule has 2 rings (SSSR count). The molecular weight excluding hydrogens is 338 g/mol. The zero-order valence-corrected chi connectivity index (χ0v) is 12.8. The largest absolute Gasteiger partial charge is 0.478 e. The number of ether oxygens (including phenoxy) is 1. The van der Waals surface area contributed by atoms with Crippen molar-refractivity contribution in [1.82, 2.24) is 0 Å². The lowest BCUT2D eigenvalue weighted by Crippen LogP contribution is -2.13. The maximum atomic E-state index is 12.1. The van der Waals surface area contributed by atoms with Crippen LogP contribution in [-0.2, 0) is 0 Å². The number of halogens is 1. The summed E-state index contributed by atoms with van der Waals surface area (Å²) in [4.78, 5) is 22.5. The maximum absolute atomic E-state index is 12.1. The number of nitro groups is 1. The molecular formula is C15H12BrNO4. The van der Waals surface area contributed by atoms with Crippen LogP contribution in [-0.4, -0.2) is 17.3 Å². The second-order valence-corrected chi connectivity index (χ2v) is 5.31. The Kier molecular flexibility index (Phi) is 4.70. The fourth-order valence-electron chi connectivity index (χ4n) is 1.86. The van der Waals surface area contributed by atoms with E-state index in [0.717, 1.165) is 5.56 Å². The molecule has 0 fully saturated rings. The van der Waals surface area contributed by atoms with Crippen molar-refractivity contribution in [2.75, 3.05) is 6.61 Å². The van der Waals surface area contributed by atoms with Crippen molar-refractivity contribution in [1.29, 1.82) is 0 Å². The van der Waals surface area contributed by atoms with Crippen LogP contribution in [0.5, 0.6) is 5.75 Å². The van der Waals surface area contributed by atoms with E-state index in [0.29, 0.717) is 10.0 Å². The van der Waals surface area contributed by atoms with E-state index in [9.17, 15) is 14.9 Å². The number of aryl methyl sites for hydroxylation is 1. The molecule has 5 nitrogen and oxygen atoms in total. The molecule has 0 aliphatic carbocycles. The van der Waals surface area contributed by atoms with Crippen LogP contribution in [0, 0.1) is 17.0 Å². The molecule has 0 bridgehead atoms. The van der Waals surface area contributed by atoms with Gasteiger partial charge in [-0.05, 0) is 24.6 Å². The molecule has 0 N–H and O–H groups in total. The number of Topliss-reactive ketones (excluding diaryl/α,β-unsaturated/α-hetero) is 1. The summed E-state index contributed by atoms with van der Waals surface area (Å²) in [5, 5.41) is 11.0. The molecule has 0 unspecified atom stereocenters. The Hall–Kier alpha value is -2.21. The number of hydrogen-bond acceptors (Lipinski definition) is 4. The summed E-state index contributed by atoms with van der Waals surface area (Å²) < 4.78 is 5.89. The van der Waals surface area contributed by atoms with E-state index in [-0.39, 0.29) is 23.8 Å². The third-order valence-electron chi connectivity index (χ3n) is 2.92. The summed E-state index contributed by atoms with van der Waals surface area (Å²) in [5.74, 6) is -0.143. The lowest BCUT2D eigenvalue weighted by Gasteiger charge is -2.08. The van der Waals surface area contributed by atoms with Gasteiger partial charge in [-0.25, -0.2) is 0 Å². The number of ketones is 1. The molecule has 6 heteroatoms. The molecule has 2 aromatic carbocycles. The monoisotopic (exact) mass is 349 g/mol. The molecule has 0 saturated heterocycles. The molecule has 0 aromatic heterocycles. The van der Waals surface area contributed by atoms with Gasteiger partial charge in [0.25, 0.3) is 0 Å². The molecule has 108 valence electrons. The normalized spacial score (nSPS) is 10.2. The minimum atomic E-state index is -0.543. The Labute approximate surface area is 129 Å². The van der Waals surface area contributed by atoms with Gasteiger partial charge in [-0.2, -0.15) is 0 Å². The molecule has 0 atom stereocenters. The van der Waals surface area contributed by atoms with Gasteiger partial charge in [0.2, 0.25) is 0 Å². The first-order chi connectivity index (χ1) is 9.99. The topological polar surface area (TPSA) is 69.4 Å². The van der Waals surface area contributed by atoms with Crippen molar-refractivity contribution < 1.29 is 14.5 Å².